The number of aromatic amines is 1. The van der Waals surface area contributed by atoms with Gasteiger partial charge in [-0.05, 0) is 52.4 Å². The lowest BCUT2D eigenvalue weighted by atomic mass is 10.2. The Kier molecular flexibility index (Phi) is 6.41. The maximum Gasteiger partial charge on any atom is 0.437 e. The maximum absolute atomic E-state index is 12.3. The van der Waals surface area contributed by atoms with Crippen LogP contribution in [0.15, 0.2) is 78.8 Å². The number of benzene rings is 2. The molecule has 3 heterocycles. The van der Waals surface area contributed by atoms with Crippen molar-refractivity contribution < 1.29 is 18.4 Å². The van der Waals surface area contributed by atoms with Gasteiger partial charge in [0, 0.05) is 28.1 Å². The molecule has 0 aliphatic carbocycles. The fourth-order valence-corrected chi connectivity index (χ4v) is 4.39. The Hall–Kier alpha value is -3.86. The predicted octanol–water partition coefficient (Wildman–Crippen LogP) is 5.39. The average molecular weight is 529 g/mol. The van der Waals surface area contributed by atoms with Gasteiger partial charge in [0.05, 0.1) is 18.3 Å². The molecular weight excluding hydrogens is 513 g/mol. The number of aromatic nitrogens is 3. The minimum absolute atomic E-state index is 0.249. The van der Waals surface area contributed by atoms with Crippen LogP contribution in [-0.4, -0.2) is 23.6 Å². The van der Waals surface area contributed by atoms with Gasteiger partial charge in [-0.3, -0.25) is 9.95 Å². The number of hydrazone groups is 1. The zero-order chi connectivity index (χ0) is 24.4. The van der Waals surface area contributed by atoms with Crippen molar-refractivity contribution in [2.24, 2.45) is 5.10 Å². The molecule has 0 radical (unpaired) electrons. The highest BCUT2D eigenvalue weighted by molar-refractivity contribution is 7.14. The van der Waals surface area contributed by atoms with E-state index >= 15 is 0 Å². The normalized spacial score (nSPS) is 11.3. The number of thiazole rings is 1. The second-order valence-electron chi connectivity index (χ2n) is 7.10. The highest BCUT2D eigenvalue weighted by Crippen LogP contribution is 2.31. The molecule has 2 N–H and O–H groups in total. The number of halogens is 2. The summed E-state index contributed by atoms with van der Waals surface area (Å²) in [5, 5.41) is 10.0. The van der Waals surface area contributed by atoms with Crippen LogP contribution in [0.5, 0.6) is 5.75 Å². The van der Waals surface area contributed by atoms with E-state index in [-0.39, 0.29) is 5.69 Å². The van der Waals surface area contributed by atoms with Crippen molar-refractivity contribution >= 4 is 45.9 Å². The smallest absolute Gasteiger partial charge is 0.437 e. The number of nitrogens with one attached hydrogen (secondary N) is 2. The molecule has 0 amide bonds. The summed E-state index contributed by atoms with van der Waals surface area (Å²) in [5.41, 5.74) is 4.37. The van der Waals surface area contributed by atoms with E-state index in [1.807, 2.05) is 0 Å². The lowest BCUT2D eigenvalue weighted by Crippen LogP contribution is -2.36. The topological polar surface area (TPSA) is 110 Å². The third-order valence-corrected chi connectivity index (χ3v) is 6.19. The molecule has 0 aliphatic rings. The number of H-pyrrole nitrogens is 1. The molecular formula is C23H16Cl2N5O4S+. The monoisotopic (exact) mass is 528 g/mol. The largest absolute Gasteiger partial charge is 0.497 e. The van der Waals surface area contributed by atoms with Crippen LogP contribution in [0.25, 0.3) is 28.4 Å². The molecule has 176 valence electrons. The SMILES string of the molecule is COc1ccc(-[n+]2[nH]oc(=O)c2-c2csc(N/N=C/c3ccc(-c4ccc(Cl)cc4Cl)o3)n2)cc1. The predicted molar refractivity (Wildman–Crippen MR) is 134 cm³/mol. The average Bonchev–Trinajstić information content (AvgIpc) is 3.59. The summed E-state index contributed by atoms with van der Waals surface area (Å²) in [6.07, 6.45) is 1.51. The fraction of sp³-hybridized carbons (Fsp3) is 0.0435. The van der Waals surface area contributed by atoms with Crippen LogP contribution in [0.1, 0.15) is 5.76 Å². The molecule has 0 spiro atoms. The minimum Gasteiger partial charge on any atom is -0.497 e. The third kappa shape index (κ3) is 4.85. The van der Waals surface area contributed by atoms with Crippen LogP contribution in [0, 0.1) is 0 Å². The quantitative estimate of drug-likeness (QED) is 0.166. The Morgan fingerprint density at radius 3 is 2.77 bits per heavy atom. The lowest BCUT2D eigenvalue weighted by Gasteiger charge is -2.00. The first-order valence-corrected chi connectivity index (χ1v) is 11.7. The third-order valence-electron chi connectivity index (χ3n) is 4.90. The van der Waals surface area contributed by atoms with Crippen molar-refractivity contribution in [2.45, 2.75) is 0 Å². The molecule has 35 heavy (non-hydrogen) atoms. The molecule has 5 aromatic rings. The summed E-state index contributed by atoms with van der Waals surface area (Å²) >= 11 is 13.5. The number of hydrogen-bond acceptors (Lipinski definition) is 8. The summed E-state index contributed by atoms with van der Waals surface area (Å²) in [4.78, 5) is 16.8. The Balaban J connectivity index is 1.31. The Bertz CT molecular complexity index is 1570. The van der Waals surface area contributed by atoms with Gasteiger partial charge in [0.15, 0.2) is 5.69 Å². The maximum atomic E-state index is 12.3. The minimum atomic E-state index is -0.551. The van der Waals surface area contributed by atoms with Gasteiger partial charge < -0.3 is 9.15 Å². The number of rotatable bonds is 7. The summed E-state index contributed by atoms with van der Waals surface area (Å²) in [6.45, 7) is 0. The van der Waals surface area contributed by atoms with Crippen molar-refractivity contribution in [3.8, 4) is 34.1 Å². The van der Waals surface area contributed by atoms with E-state index in [1.54, 1.807) is 67.1 Å². The molecule has 5 rings (SSSR count). The van der Waals surface area contributed by atoms with Gasteiger partial charge in [0.2, 0.25) is 10.8 Å². The first-order chi connectivity index (χ1) is 17.0. The lowest BCUT2D eigenvalue weighted by molar-refractivity contribution is -0.660. The van der Waals surface area contributed by atoms with Crippen molar-refractivity contribution in [3.05, 3.63) is 86.2 Å². The Labute approximate surface area is 212 Å². The van der Waals surface area contributed by atoms with Gasteiger partial charge in [-0.1, -0.05) is 23.2 Å². The number of ether oxygens (including phenoxy) is 1. The summed E-state index contributed by atoms with van der Waals surface area (Å²) < 4.78 is 17.5. The molecule has 2 aromatic carbocycles. The molecule has 0 atom stereocenters. The van der Waals surface area contributed by atoms with E-state index in [9.17, 15) is 4.79 Å². The highest BCUT2D eigenvalue weighted by Gasteiger charge is 2.27. The van der Waals surface area contributed by atoms with Crippen LogP contribution >= 0.6 is 34.5 Å². The van der Waals surface area contributed by atoms with E-state index in [4.69, 9.17) is 36.9 Å². The van der Waals surface area contributed by atoms with E-state index in [2.05, 4.69) is 20.8 Å². The van der Waals surface area contributed by atoms with Crippen molar-refractivity contribution in [2.75, 3.05) is 12.5 Å². The number of furan rings is 1. The van der Waals surface area contributed by atoms with Crippen LogP contribution in [0.4, 0.5) is 5.13 Å². The molecule has 0 fully saturated rings. The number of hydrogen-bond donors (Lipinski definition) is 2. The van der Waals surface area contributed by atoms with Crippen molar-refractivity contribution in [1.82, 2.24) is 10.3 Å². The van der Waals surface area contributed by atoms with Gasteiger partial charge in [-0.25, -0.2) is 9.78 Å². The highest BCUT2D eigenvalue weighted by atomic mass is 35.5. The van der Waals surface area contributed by atoms with E-state index in [0.29, 0.717) is 43.8 Å². The number of nitrogens with zero attached hydrogens (tertiary/aromatic N) is 3. The first-order valence-electron chi connectivity index (χ1n) is 10.1. The summed E-state index contributed by atoms with van der Waals surface area (Å²) in [6, 6.07) is 15.9. The molecule has 9 nitrogen and oxygen atoms in total. The molecule has 0 bridgehead atoms. The zero-order valence-corrected chi connectivity index (χ0v) is 20.3. The molecule has 0 unspecified atom stereocenters. The number of anilines is 1. The van der Waals surface area contributed by atoms with Crippen LogP contribution in [0.2, 0.25) is 10.0 Å². The molecule has 0 saturated heterocycles. The van der Waals surface area contributed by atoms with E-state index < -0.39 is 5.63 Å². The van der Waals surface area contributed by atoms with Crippen molar-refractivity contribution in [3.63, 3.8) is 0 Å². The standard InChI is InChI=1S/C23H15Cl2N5O4S/c1-32-15-5-3-14(4-6-15)30-21(22(31)34-29-30)19-12-35-23(27-19)28-26-11-16-7-9-20(33-16)17-8-2-13(24)10-18(17)25/h2-12H,1H3,(H-,27,28,29,31)/p+1/b26-11+. The fourth-order valence-electron chi connectivity index (χ4n) is 3.25. The molecule has 0 saturated carbocycles. The molecule has 0 aliphatic heterocycles. The van der Waals surface area contributed by atoms with E-state index in [0.717, 1.165) is 5.56 Å². The molecule has 3 aromatic heterocycles. The molecule has 12 heteroatoms. The van der Waals surface area contributed by atoms with Crippen molar-refractivity contribution in [1.29, 1.82) is 0 Å². The summed E-state index contributed by atoms with van der Waals surface area (Å²) in [7, 11) is 1.58. The summed E-state index contributed by atoms with van der Waals surface area (Å²) in [5.74, 6) is 1.80. The number of methoxy groups -OCH3 is 1. The van der Waals surface area contributed by atoms with Crippen LogP contribution in [0.3, 0.4) is 0 Å². The van der Waals surface area contributed by atoms with Gasteiger partial charge in [-0.15, -0.1) is 11.3 Å². The van der Waals surface area contributed by atoms with Gasteiger partial charge in [0.1, 0.15) is 17.3 Å². The van der Waals surface area contributed by atoms with Crippen LogP contribution in [-0.2, 0) is 0 Å². The van der Waals surface area contributed by atoms with Crippen LogP contribution < -0.4 is 20.5 Å². The van der Waals surface area contributed by atoms with E-state index in [1.165, 1.54) is 22.2 Å². The first kappa shape index (κ1) is 22.9. The van der Waals surface area contributed by atoms with Gasteiger partial charge in [0.25, 0.3) is 0 Å². The zero-order valence-electron chi connectivity index (χ0n) is 18.0. The van der Waals surface area contributed by atoms with Gasteiger partial charge >= 0.3 is 11.3 Å². The second-order valence-corrected chi connectivity index (χ2v) is 8.80. The Morgan fingerprint density at radius 1 is 1.17 bits per heavy atom. The Morgan fingerprint density at radius 2 is 2.00 bits per heavy atom. The second kappa shape index (κ2) is 9.79. The van der Waals surface area contributed by atoms with Gasteiger partial charge in [-0.2, -0.15) is 5.10 Å².